The van der Waals surface area contributed by atoms with Crippen LogP contribution in [0.4, 0.5) is 0 Å². The third-order valence-electron chi connectivity index (χ3n) is 1.25. The number of aliphatic carboxylic acids is 2. The number of carbonyl (C=O) groups excluding carboxylic acids is 1. The molecule has 0 unspecified atom stereocenters. The molecule has 0 heterocycles. The Labute approximate surface area is 73.5 Å². The number of hydrogen-bond donors (Lipinski definition) is 4. The van der Waals surface area contributed by atoms with Crippen LogP contribution in [0, 0.1) is 0 Å². The minimum absolute atomic E-state index is 0.00560. The molecular formula is C6H10N2O5. The van der Waals surface area contributed by atoms with Gasteiger partial charge in [-0.05, 0) is 13.0 Å². The van der Waals surface area contributed by atoms with Gasteiger partial charge in [0.2, 0.25) is 0 Å². The predicted molar refractivity (Wildman–Crippen MR) is 40.9 cm³/mol. The SMILES string of the molecule is NCC[C@H](NC(=O)C(=O)O)C(=O)O. The van der Waals surface area contributed by atoms with Crippen LogP contribution in [0.15, 0.2) is 0 Å². The Balaban J connectivity index is 4.17. The average Bonchev–Trinajstić information content (AvgIpc) is 2.03. The number of hydrogen-bond acceptors (Lipinski definition) is 4. The molecule has 0 spiro atoms. The monoisotopic (exact) mass is 190 g/mol. The minimum Gasteiger partial charge on any atom is -0.480 e. The van der Waals surface area contributed by atoms with Crippen LogP contribution in [0.3, 0.4) is 0 Å². The van der Waals surface area contributed by atoms with Crippen LogP contribution in [-0.2, 0) is 14.4 Å². The van der Waals surface area contributed by atoms with E-state index in [4.69, 9.17) is 15.9 Å². The molecule has 0 aliphatic rings. The Morgan fingerprint density at radius 3 is 2.15 bits per heavy atom. The van der Waals surface area contributed by atoms with E-state index in [1.54, 1.807) is 5.32 Å². The molecule has 0 fully saturated rings. The summed E-state index contributed by atoms with van der Waals surface area (Å²) >= 11 is 0. The zero-order valence-electron chi connectivity index (χ0n) is 6.69. The lowest BCUT2D eigenvalue weighted by Gasteiger charge is -2.10. The second-order valence-corrected chi connectivity index (χ2v) is 2.25. The second kappa shape index (κ2) is 5.09. The maximum atomic E-state index is 10.5. The van der Waals surface area contributed by atoms with Gasteiger partial charge in [0.15, 0.2) is 0 Å². The van der Waals surface area contributed by atoms with E-state index < -0.39 is 23.9 Å². The number of nitrogens with one attached hydrogen (secondary N) is 1. The number of carboxylic acids is 2. The normalized spacial score (nSPS) is 11.8. The van der Waals surface area contributed by atoms with Crippen LogP contribution in [0.5, 0.6) is 0 Å². The van der Waals surface area contributed by atoms with Crippen molar-refractivity contribution in [2.45, 2.75) is 12.5 Å². The average molecular weight is 190 g/mol. The van der Waals surface area contributed by atoms with Gasteiger partial charge in [0.25, 0.3) is 0 Å². The molecule has 7 nitrogen and oxygen atoms in total. The zero-order chi connectivity index (χ0) is 10.4. The molecule has 0 rings (SSSR count). The first kappa shape index (κ1) is 11.4. The molecule has 0 aromatic heterocycles. The van der Waals surface area contributed by atoms with Crippen LogP contribution in [0.25, 0.3) is 0 Å². The Morgan fingerprint density at radius 2 is 1.85 bits per heavy atom. The fourth-order valence-corrected chi connectivity index (χ4v) is 0.644. The number of amides is 1. The highest BCUT2D eigenvalue weighted by molar-refractivity contribution is 6.31. The molecule has 0 aromatic rings. The molecule has 0 radical (unpaired) electrons. The van der Waals surface area contributed by atoms with Crippen LogP contribution >= 0.6 is 0 Å². The van der Waals surface area contributed by atoms with Gasteiger partial charge in [-0.2, -0.15) is 0 Å². The summed E-state index contributed by atoms with van der Waals surface area (Å²) in [5, 5.41) is 18.4. The van der Waals surface area contributed by atoms with Crippen molar-refractivity contribution in [1.82, 2.24) is 5.32 Å². The van der Waals surface area contributed by atoms with E-state index in [0.717, 1.165) is 0 Å². The lowest BCUT2D eigenvalue weighted by atomic mass is 10.2. The molecule has 74 valence electrons. The van der Waals surface area contributed by atoms with Gasteiger partial charge in [0.1, 0.15) is 6.04 Å². The topological polar surface area (TPSA) is 130 Å². The van der Waals surface area contributed by atoms with E-state index in [0.29, 0.717) is 0 Å². The molecule has 0 aromatic carbocycles. The van der Waals surface area contributed by atoms with Gasteiger partial charge in [0.05, 0.1) is 0 Å². The largest absolute Gasteiger partial charge is 0.480 e. The van der Waals surface area contributed by atoms with E-state index in [9.17, 15) is 14.4 Å². The van der Waals surface area contributed by atoms with Gasteiger partial charge < -0.3 is 21.3 Å². The number of rotatable bonds is 4. The highest BCUT2D eigenvalue weighted by Crippen LogP contribution is 1.89. The predicted octanol–water partition coefficient (Wildman–Crippen LogP) is -2.01. The number of carbonyl (C=O) groups is 3. The quantitative estimate of drug-likeness (QED) is 0.379. The Bertz CT molecular complexity index is 227. The summed E-state index contributed by atoms with van der Waals surface area (Å²) in [6.07, 6.45) is -0.00560. The number of nitrogens with two attached hydrogens (primary N) is 1. The van der Waals surface area contributed by atoms with Gasteiger partial charge >= 0.3 is 17.8 Å². The van der Waals surface area contributed by atoms with Crippen LogP contribution < -0.4 is 11.1 Å². The summed E-state index contributed by atoms with van der Waals surface area (Å²) < 4.78 is 0. The van der Waals surface area contributed by atoms with Gasteiger partial charge in [-0.15, -0.1) is 0 Å². The smallest absolute Gasteiger partial charge is 0.394 e. The van der Waals surface area contributed by atoms with Gasteiger partial charge in [-0.25, -0.2) is 9.59 Å². The van der Waals surface area contributed by atoms with Crippen molar-refractivity contribution in [2.24, 2.45) is 5.73 Å². The fraction of sp³-hybridized carbons (Fsp3) is 0.500. The molecule has 0 aliphatic heterocycles. The van der Waals surface area contributed by atoms with E-state index in [2.05, 4.69) is 0 Å². The summed E-state index contributed by atoms with van der Waals surface area (Å²) in [6.45, 7) is 0.0524. The van der Waals surface area contributed by atoms with Crippen LogP contribution in [0.2, 0.25) is 0 Å². The van der Waals surface area contributed by atoms with Crippen molar-refractivity contribution in [3.05, 3.63) is 0 Å². The highest BCUT2D eigenvalue weighted by atomic mass is 16.4. The lowest BCUT2D eigenvalue weighted by molar-refractivity contribution is -0.152. The molecule has 0 aliphatic carbocycles. The highest BCUT2D eigenvalue weighted by Gasteiger charge is 2.22. The third-order valence-corrected chi connectivity index (χ3v) is 1.25. The first-order valence-electron chi connectivity index (χ1n) is 3.45. The molecular weight excluding hydrogens is 180 g/mol. The van der Waals surface area contributed by atoms with Crippen molar-refractivity contribution >= 4 is 17.8 Å². The fourth-order valence-electron chi connectivity index (χ4n) is 0.644. The summed E-state index contributed by atoms with van der Waals surface area (Å²) in [4.78, 5) is 30.9. The van der Waals surface area contributed by atoms with E-state index >= 15 is 0 Å². The first-order chi connectivity index (χ1) is 5.99. The first-order valence-corrected chi connectivity index (χ1v) is 3.45. The number of carboxylic acid groups (broad SMARTS) is 2. The van der Waals surface area contributed by atoms with Crippen molar-refractivity contribution < 1.29 is 24.6 Å². The molecule has 0 saturated carbocycles. The van der Waals surface area contributed by atoms with Crippen molar-refractivity contribution in [3.63, 3.8) is 0 Å². The summed E-state index contributed by atoms with van der Waals surface area (Å²) in [6, 6.07) is -1.24. The van der Waals surface area contributed by atoms with E-state index in [1.807, 2.05) is 0 Å². The van der Waals surface area contributed by atoms with Gasteiger partial charge in [0, 0.05) is 0 Å². The van der Waals surface area contributed by atoms with E-state index in [1.165, 1.54) is 0 Å². The maximum absolute atomic E-state index is 10.5. The molecule has 1 amide bonds. The van der Waals surface area contributed by atoms with Gasteiger partial charge in [-0.1, -0.05) is 0 Å². The summed E-state index contributed by atoms with van der Waals surface area (Å²) in [7, 11) is 0. The molecule has 13 heavy (non-hydrogen) atoms. The Hall–Kier alpha value is -1.63. The van der Waals surface area contributed by atoms with Crippen molar-refractivity contribution in [3.8, 4) is 0 Å². The Kier molecular flexibility index (Phi) is 4.45. The second-order valence-electron chi connectivity index (χ2n) is 2.25. The zero-order valence-corrected chi connectivity index (χ0v) is 6.69. The van der Waals surface area contributed by atoms with Crippen molar-refractivity contribution in [2.75, 3.05) is 6.54 Å². The Morgan fingerprint density at radius 1 is 1.31 bits per heavy atom. The molecule has 7 heteroatoms. The molecule has 0 bridgehead atoms. The maximum Gasteiger partial charge on any atom is 0.394 e. The molecule has 0 saturated heterocycles. The third kappa shape index (κ3) is 4.06. The van der Waals surface area contributed by atoms with Crippen LogP contribution in [-0.4, -0.2) is 40.6 Å². The van der Waals surface area contributed by atoms with Gasteiger partial charge in [-0.3, -0.25) is 4.79 Å². The molecule has 1 atom stereocenters. The standard InChI is InChI=1S/C6H10N2O5/c7-2-1-3(5(10)11)8-4(9)6(12)13/h3H,1-2,7H2,(H,8,9)(H,10,11)(H,12,13)/t3-/m0/s1. The summed E-state index contributed by atoms with van der Waals surface area (Å²) in [5.74, 6) is -4.37. The van der Waals surface area contributed by atoms with E-state index in [-0.39, 0.29) is 13.0 Å². The van der Waals surface area contributed by atoms with Crippen molar-refractivity contribution in [1.29, 1.82) is 0 Å². The summed E-state index contributed by atoms with van der Waals surface area (Å²) in [5.41, 5.74) is 5.06. The van der Waals surface area contributed by atoms with Crippen LogP contribution in [0.1, 0.15) is 6.42 Å². The molecule has 5 N–H and O–H groups in total. The minimum atomic E-state index is -1.72. The lowest BCUT2D eigenvalue weighted by Crippen LogP contribution is -2.44.